The third-order valence-corrected chi connectivity index (χ3v) is 9.76. The lowest BCUT2D eigenvalue weighted by Gasteiger charge is -2.19. The highest BCUT2D eigenvalue weighted by molar-refractivity contribution is 5.76. The van der Waals surface area contributed by atoms with Crippen molar-refractivity contribution < 1.29 is 15.0 Å². The van der Waals surface area contributed by atoms with Crippen molar-refractivity contribution in [2.75, 3.05) is 6.61 Å². The van der Waals surface area contributed by atoms with E-state index in [1.165, 1.54) is 161 Å². The van der Waals surface area contributed by atoms with E-state index >= 15 is 0 Å². The standard InChI is InChI=1S/C46H85NO3/c1-3-5-7-9-11-13-15-17-19-21-23-24-26-28-30-32-34-36-38-40-42-46(50)47-44(43-48)45(49)41-39-37-35-33-31-29-27-25-22-20-18-16-14-12-10-8-6-4-2/h22-25,31,33,39,41,44-45,48-49H,3-21,26-30,32,34-38,40,42-43H2,1-2H3,(H,47,50)/b24-23-,25-22+,33-31+,41-39+. The van der Waals surface area contributed by atoms with Gasteiger partial charge in [0.25, 0.3) is 0 Å². The minimum atomic E-state index is -0.871. The summed E-state index contributed by atoms with van der Waals surface area (Å²) in [4.78, 5) is 12.4. The summed E-state index contributed by atoms with van der Waals surface area (Å²) in [6.07, 6.45) is 56.4. The van der Waals surface area contributed by atoms with Crippen molar-refractivity contribution >= 4 is 5.91 Å². The maximum Gasteiger partial charge on any atom is 0.220 e. The molecule has 0 saturated heterocycles. The molecule has 4 nitrogen and oxygen atoms in total. The van der Waals surface area contributed by atoms with Crippen LogP contribution in [0.1, 0.15) is 219 Å². The molecule has 0 heterocycles. The van der Waals surface area contributed by atoms with Crippen LogP contribution in [0.25, 0.3) is 0 Å². The van der Waals surface area contributed by atoms with Crippen molar-refractivity contribution in [3.8, 4) is 0 Å². The summed E-state index contributed by atoms with van der Waals surface area (Å²) in [7, 11) is 0. The van der Waals surface area contributed by atoms with Crippen LogP contribution < -0.4 is 5.32 Å². The molecule has 0 aliphatic heterocycles. The van der Waals surface area contributed by atoms with Crippen molar-refractivity contribution in [3.05, 3.63) is 48.6 Å². The molecule has 0 spiro atoms. The third-order valence-electron chi connectivity index (χ3n) is 9.76. The normalized spacial score (nSPS) is 13.4. The predicted molar refractivity (Wildman–Crippen MR) is 221 cm³/mol. The summed E-state index contributed by atoms with van der Waals surface area (Å²) >= 11 is 0. The Morgan fingerprint density at radius 1 is 0.460 bits per heavy atom. The number of carbonyl (C=O) groups excluding carboxylic acids is 1. The first kappa shape index (κ1) is 48.3. The van der Waals surface area contributed by atoms with E-state index in [2.05, 4.69) is 55.6 Å². The van der Waals surface area contributed by atoms with Crippen LogP contribution in [-0.2, 0) is 4.79 Å². The zero-order valence-corrected chi connectivity index (χ0v) is 33.4. The van der Waals surface area contributed by atoms with Crippen LogP contribution in [0, 0.1) is 0 Å². The van der Waals surface area contributed by atoms with Crippen LogP contribution in [0.4, 0.5) is 0 Å². The second kappa shape index (κ2) is 41.8. The summed E-state index contributed by atoms with van der Waals surface area (Å²) in [5.74, 6) is -0.0829. The SMILES string of the molecule is CCCCCCCCCC/C=C/CC/C=C/CC/C=C/C(O)C(CO)NC(=O)CCCCCCCCC/C=C\CCCCCCCCCCC. The van der Waals surface area contributed by atoms with Crippen molar-refractivity contribution in [1.82, 2.24) is 5.32 Å². The molecule has 1 amide bonds. The molecular weight excluding hydrogens is 615 g/mol. The number of rotatable bonds is 39. The molecular formula is C46H85NO3. The first-order chi connectivity index (χ1) is 24.7. The Labute approximate surface area is 312 Å². The molecule has 2 unspecified atom stereocenters. The Morgan fingerprint density at radius 3 is 1.16 bits per heavy atom. The Morgan fingerprint density at radius 2 is 0.780 bits per heavy atom. The Hall–Kier alpha value is -1.65. The number of hydrogen-bond donors (Lipinski definition) is 3. The highest BCUT2D eigenvalue weighted by atomic mass is 16.3. The van der Waals surface area contributed by atoms with Gasteiger partial charge in [0.1, 0.15) is 0 Å². The Balaban J connectivity index is 3.65. The fourth-order valence-electron chi connectivity index (χ4n) is 6.38. The maximum atomic E-state index is 12.4. The van der Waals surface area contributed by atoms with Gasteiger partial charge < -0.3 is 15.5 Å². The number of aliphatic hydroxyl groups is 2. The van der Waals surface area contributed by atoms with Crippen LogP contribution in [0.3, 0.4) is 0 Å². The van der Waals surface area contributed by atoms with Gasteiger partial charge in [0.15, 0.2) is 0 Å². The lowest BCUT2D eigenvalue weighted by Crippen LogP contribution is -2.45. The fraction of sp³-hybridized carbons (Fsp3) is 0.804. The van der Waals surface area contributed by atoms with Crippen LogP contribution >= 0.6 is 0 Å². The second-order valence-electron chi connectivity index (χ2n) is 14.7. The quantitative estimate of drug-likeness (QED) is 0.0442. The summed E-state index contributed by atoms with van der Waals surface area (Å²) in [6.45, 7) is 4.29. The molecule has 4 heteroatoms. The van der Waals surface area contributed by atoms with Crippen LogP contribution in [-0.4, -0.2) is 34.9 Å². The molecule has 0 aromatic carbocycles. The molecule has 292 valence electrons. The van der Waals surface area contributed by atoms with Gasteiger partial charge in [0.05, 0.1) is 18.8 Å². The zero-order chi connectivity index (χ0) is 36.4. The van der Waals surface area contributed by atoms with Gasteiger partial charge in [-0.25, -0.2) is 0 Å². The fourth-order valence-corrected chi connectivity index (χ4v) is 6.38. The van der Waals surface area contributed by atoms with Crippen LogP contribution in [0.2, 0.25) is 0 Å². The number of carbonyl (C=O) groups is 1. The molecule has 0 rings (SSSR count). The first-order valence-corrected chi connectivity index (χ1v) is 21.9. The van der Waals surface area contributed by atoms with Crippen LogP contribution in [0.5, 0.6) is 0 Å². The molecule has 0 radical (unpaired) electrons. The molecule has 3 N–H and O–H groups in total. The number of amides is 1. The Kier molecular flexibility index (Phi) is 40.4. The van der Waals surface area contributed by atoms with Crippen molar-refractivity contribution in [3.63, 3.8) is 0 Å². The predicted octanol–water partition coefficient (Wildman–Crippen LogP) is 13.6. The summed E-state index contributed by atoms with van der Waals surface area (Å²) in [5, 5.41) is 23.0. The van der Waals surface area contributed by atoms with Crippen molar-refractivity contribution in [2.24, 2.45) is 0 Å². The second-order valence-corrected chi connectivity index (χ2v) is 14.7. The van der Waals surface area contributed by atoms with Crippen molar-refractivity contribution in [2.45, 2.75) is 231 Å². The van der Waals surface area contributed by atoms with E-state index in [1.807, 2.05) is 6.08 Å². The van der Waals surface area contributed by atoms with E-state index in [0.29, 0.717) is 6.42 Å². The van der Waals surface area contributed by atoms with Gasteiger partial charge in [-0.05, 0) is 70.6 Å². The summed E-state index contributed by atoms with van der Waals surface area (Å²) < 4.78 is 0. The minimum absolute atomic E-state index is 0.0829. The first-order valence-electron chi connectivity index (χ1n) is 21.9. The largest absolute Gasteiger partial charge is 0.394 e. The van der Waals surface area contributed by atoms with Crippen LogP contribution in [0.15, 0.2) is 48.6 Å². The molecule has 0 bridgehead atoms. The van der Waals surface area contributed by atoms with E-state index in [4.69, 9.17) is 0 Å². The minimum Gasteiger partial charge on any atom is -0.394 e. The highest BCUT2D eigenvalue weighted by Crippen LogP contribution is 2.13. The summed E-state index contributed by atoms with van der Waals surface area (Å²) in [5.41, 5.74) is 0. The van der Waals surface area contributed by atoms with Gasteiger partial charge in [-0.15, -0.1) is 0 Å². The molecule has 0 aromatic rings. The van der Waals surface area contributed by atoms with Gasteiger partial charge in [0.2, 0.25) is 5.91 Å². The number of aliphatic hydroxyl groups excluding tert-OH is 2. The number of unbranched alkanes of at least 4 members (excludes halogenated alkanes) is 26. The monoisotopic (exact) mass is 700 g/mol. The van der Waals surface area contributed by atoms with E-state index in [-0.39, 0.29) is 12.5 Å². The average Bonchev–Trinajstić information content (AvgIpc) is 3.12. The van der Waals surface area contributed by atoms with Gasteiger partial charge in [-0.1, -0.05) is 191 Å². The molecule has 0 aliphatic rings. The van der Waals surface area contributed by atoms with E-state index in [1.54, 1.807) is 6.08 Å². The molecule has 0 saturated carbocycles. The molecule has 2 atom stereocenters. The third kappa shape index (κ3) is 37.6. The van der Waals surface area contributed by atoms with E-state index in [0.717, 1.165) is 38.5 Å². The maximum absolute atomic E-state index is 12.4. The number of hydrogen-bond acceptors (Lipinski definition) is 3. The lowest BCUT2D eigenvalue weighted by molar-refractivity contribution is -0.123. The Bertz CT molecular complexity index is 801. The lowest BCUT2D eigenvalue weighted by atomic mass is 10.1. The summed E-state index contributed by atoms with van der Waals surface area (Å²) in [6, 6.07) is -0.647. The highest BCUT2D eigenvalue weighted by Gasteiger charge is 2.17. The van der Waals surface area contributed by atoms with Crippen molar-refractivity contribution in [1.29, 1.82) is 0 Å². The number of allylic oxidation sites excluding steroid dienone is 7. The van der Waals surface area contributed by atoms with E-state index in [9.17, 15) is 15.0 Å². The van der Waals surface area contributed by atoms with E-state index < -0.39 is 12.1 Å². The molecule has 0 fully saturated rings. The zero-order valence-electron chi connectivity index (χ0n) is 33.4. The van der Waals surface area contributed by atoms with Gasteiger partial charge >= 0.3 is 0 Å². The topological polar surface area (TPSA) is 69.6 Å². The smallest absolute Gasteiger partial charge is 0.220 e. The molecule has 0 aromatic heterocycles. The van der Waals surface area contributed by atoms with Gasteiger partial charge in [-0.2, -0.15) is 0 Å². The molecule has 0 aliphatic carbocycles. The molecule has 50 heavy (non-hydrogen) atoms. The van der Waals surface area contributed by atoms with Gasteiger partial charge in [0, 0.05) is 6.42 Å². The van der Waals surface area contributed by atoms with Gasteiger partial charge in [-0.3, -0.25) is 4.79 Å². The number of nitrogens with one attached hydrogen (secondary N) is 1. The average molecular weight is 700 g/mol.